The Morgan fingerprint density at radius 3 is 1.26 bits per heavy atom. The lowest BCUT2D eigenvalue weighted by atomic mass is 10.0. The zero-order valence-electron chi connectivity index (χ0n) is 73.4. The Morgan fingerprint density at radius 2 is 0.744 bits per heavy atom. The molecule has 15 aromatic heterocycles. The maximum Gasteiger partial charge on any atom is 0.319 e. The number of furan rings is 3. The molecule has 0 radical (unpaired) electrons. The maximum absolute atomic E-state index is 6.16. The number of fused-ring (bicyclic) bond motifs is 17. The molecular formula is C100H93N16O7S2+5. The fraction of sp³-hybridized carbons (Fsp3) is 0.200. The van der Waals surface area contributed by atoms with E-state index in [1.807, 2.05) is 137 Å². The summed E-state index contributed by atoms with van der Waals surface area (Å²) in [5.74, 6) is 6.89. The van der Waals surface area contributed by atoms with E-state index in [0.717, 1.165) is 133 Å². The van der Waals surface area contributed by atoms with Crippen molar-refractivity contribution in [2.24, 2.45) is 42.3 Å². The lowest BCUT2D eigenvalue weighted by Gasteiger charge is -2.11. The quantitative estimate of drug-likeness (QED) is 0.137. The molecule has 23 nitrogen and oxygen atoms in total. The van der Waals surface area contributed by atoms with Crippen LogP contribution in [-0.2, 0) is 42.3 Å². The number of para-hydroxylation sites is 6. The van der Waals surface area contributed by atoms with E-state index < -0.39 is 0 Å². The molecule has 15 heterocycles. The summed E-state index contributed by atoms with van der Waals surface area (Å²) in [7, 11) is 12.3. The average molecular weight is 1700 g/mol. The molecule has 9 aromatic carbocycles. The molecule has 0 amide bonds. The number of imidazole rings is 3. The molecule has 0 saturated heterocycles. The highest BCUT2D eigenvalue weighted by atomic mass is 32.1. The van der Waals surface area contributed by atoms with Gasteiger partial charge in [0.15, 0.2) is 119 Å². The number of aryl methyl sites for hydroxylation is 20. The standard InChI is InChI=1S/C27H24N3O2.C27H24N3OS.C16H17N4O.C15H14N3O2.C15H14N3OS/c2*1-15-9-8-10-16(2)25(15)30-22-12-7-6-11-21(22)29(5)26(30)19-14-23-20(13-17(19)3)24-27(32-23)31-18(4)28-24;1-10-6-7-12-13-16(19(4)11(2)17-13)21-15(12)14(10)20-9-5-8-18(20)3;2*1-9-5-6-11-12-15(19-10(2)16-12)20-14(11)13(9)18-8-4-7-17(18)3/h2*6-14H,1-5H3;5-9H,1-4H3;2*4-8H,1-3H3/q5*+1. The number of thiophene rings is 2. The van der Waals surface area contributed by atoms with Gasteiger partial charge >= 0.3 is 11.6 Å². The highest BCUT2D eigenvalue weighted by Gasteiger charge is 2.34. The fourth-order valence-electron chi connectivity index (χ4n) is 18.0. The largest absolute Gasteiger partial charge is 0.435 e. The van der Waals surface area contributed by atoms with Gasteiger partial charge in [-0.05, 0) is 180 Å². The number of benzene rings is 9. The van der Waals surface area contributed by atoms with Crippen LogP contribution < -0.4 is 23.2 Å². The van der Waals surface area contributed by atoms with Gasteiger partial charge in [-0.15, -0.1) is 28.1 Å². The van der Waals surface area contributed by atoms with Crippen molar-refractivity contribution in [1.82, 2.24) is 52.7 Å². The Bertz CT molecular complexity index is 8030. The molecule has 0 N–H and O–H groups in total. The molecule has 24 rings (SSSR count). The van der Waals surface area contributed by atoms with Gasteiger partial charge in [-0.2, -0.15) is 9.13 Å². The third-order valence-electron chi connectivity index (χ3n) is 24.1. The summed E-state index contributed by atoms with van der Waals surface area (Å²) < 4.78 is 67.0. The summed E-state index contributed by atoms with van der Waals surface area (Å²) in [6, 6.07) is 57.7. The van der Waals surface area contributed by atoms with Crippen LogP contribution in [0.5, 0.6) is 0 Å². The molecule has 622 valence electrons. The van der Waals surface area contributed by atoms with Crippen molar-refractivity contribution >= 4 is 152 Å². The van der Waals surface area contributed by atoms with Crippen LogP contribution in [0.1, 0.15) is 79.5 Å². The van der Waals surface area contributed by atoms with Gasteiger partial charge in [-0.1, -0.05) is 108 Å². The summed E-state index contributed by atoms with van der Waals surface area (Å²) in [5, 5.41) is 5.35. The number of oxazole rings is 4. The van der Waals surface area contributed by atoms with E-state index in [0.29, 0.717) is 23.3 Å². The lowest BCUT2D eigenvalue weighted by molar-refractivity contribution is -0.744. The summed E-state index contributed by atoms with van der Waals surface area (Å²) in [5.41, 5.74) is 31.5. The van der Waals surface area contributed by atoms with Crippen LogP contribution in [0.3, 0.4) is 0 Å². The maximum atomic E-state index is 6.16. The average Bonchev–Trinajstić information content (AvgIpc) is 1.70. The van der Waals surface area contributed by atoms with Crippen LogP contribution in [0, 0.1) is 96.9 Å². The number of aromatic nitrogens is 16. The van der Waals surface area contributed by atoms with E-state index in [1.165, 1.54) is 104 Å². The first kappa shape index (κ1) is 78.9. The van der Waals surface area contributed by atoms with E-state index in [-0.39, 0.29) is 0 Å². The molecule has 0 atom stereocenters. The van der Waals surface area contributed by atoms with Crippen LogP contribution in [-0.4, -0.2) is 52.7 Å². The molecule has 0 aliphatic heterocycles. The number of hydrogen-bond acceptors (Lipinski definition) is 14. The van der Waals surface area contributed by atoms with Crippen LogP contribution in [0.15, 0.2) is 232 Å². The second-order valence-corrected chi connectivity index (χ2v) is 34.6. The van der Waals surface area contributed by atoms with Gasteiger partial charge in [0.25, 0.3) is 11.6 Å². The van der Waals surface area contributed by atoms with E-state index in [1.54, 1.807) is 22.7 Å². The van der Waals surface area contributed by atoms with E-state index in [4.69, 9.17) is 30.9 Å². The Balaban J connectivity index is 0.000000100. The van der Waals surface area contributed by atoms with Crippen molar-refractivity contribution in [3.63, 3.8) is 0 Å². The first-order chi connectivity index (χ1) is 60.2. The molecule has 0 unspecified atom stereocenters. The Labute approximate surface area is 725 Å². The zero-order valence-corrected chi connectivity index (χ0v) is 75.0. The van der Waals surface area contributed by atoms with Gasteiger partial charge in [-0.3, -0.25) is 0 Å². The number of nitrogens with zero attached hydrogens (tertiary/aromatic N) is 16. The van der Waals surface area contributed by atoms with E-state index in [9.17, 15) is 0 Å². The van der Waals surface area contributed by atoms with E-state index in [2.05, 4.69) is 279 Å². The minimum absolute atomic E-state index is 0.480. The summed E-state index contributed by atoms with van der Waals surface area (Å²) in [4.78, 5) is 24.5. The van der Waals surface area contributed by atoms with Crippen LogP contribution in [0.2, 0.25) is 0 Å². The highest BCUT2D eigenvalue weighted by molar-refractivity contribution is 7.25. The van der Waals surface area contributed by atoms with E-state index >= 15 is 0 Å². The first-order valence-electron chi connectivity index (χ1n) is 41.5. The van der Waals surface area contributed by atoms with Crippen molar-refractivity contribution < 1.29 is 54.1 Å². The van der Waals surface area contributed by atoms with Gasteiger partial charge < -0.3 is 35.5 Å². The third kappa shape index (κ3) is 12.9. The van der Waals surface area contributed by atoms with Crippen LogP contribution >= 0.6 is 22.7 Å². The van der Waals surface area contributed by atoms with Crippen LogP contribution in [0.4, 0.5) is 0 Å². The number of rotatable bonds is 7. The minimum Gasteiger partial charge on any atom is -0.435 e. The van der Waals surface area contributed by atoms with Gasteiger partial charge in [-0.25, -0.2) is 34.1 Å². The van der Waals surface area contributed by atoms with Crippen molar-refractivity contribution in [3.05, 3.63) is 280 Å². The summed E-state index contributed by atoms with van der Waals surface area (Å²) in [6.45, 7) is 28.8. The molecule has 0 aliphatic carbocycles. The molecule has 24 aromatic rings. The summed E-state index contributed by atoms with van der Waals surface area (Å²) >= 11 is 3.34. The molecule has 0 fully saturated rings. The molecular weight excluding hydrogens is 1600 g/mol. The molecule has 0 aliphatic rings. The van der Waals surface area contributed by atoms with Gasteiger partial charge in [0.05, 0.1) is 64.7 Å². The highest BCUT2D eigenvalue weighted by Crippen LogP contribution is 2.44. The van der Waals surface area contributed by atoms with Gasteiger partial charge in [0.1, 0.15) is 45.0 Å². The Hall–Kier alpha value is -14.6. The zero-order chi connectivity index (χ0) is 86.7. The fourth-order valence-corrected chi connectivity index (χ4v) is 20.3. The normalized spacial score (nSPS) is 11.8. The van der Waals surface area contributed by atoms with Gasteiger partial charge in [0, 0.05) is 68.4 Å². The monoisotopic (exact) mass is 1690 g/mol. The van der Waals surface area contributed by atoms with Crippen molar-refractivity contribution in [1.29, 1.82) is 0 Å². The van der Waals surface area contributed by atoms with Crippen molar-refractivity contribution in [2.45, 2.75) is 96.9 Å². The first-order valence-corrected chi connectivity index (χ1v) is 43.2. The SMILES string of the molecule is Cc1ccc2c(oc3c2nc(C)n3C)c1-n1ccc[n+]1C.Cc1nc2c(o1)oc1c(-n3ccc[n+]3C)c(C)ccc12.Cc1nc2c(o1)oc1cc(-c3n(-c4c(C)cccc4C)c4ccccc4[n+]3C)c(C)cc12.Cc1nc2c(o1)sc1c(-n3ccc[n+]3C)c(C)ccc12.Cc1nc2c(o1)sc1cc(-c3n(-c4c(C)cccc4C)c4ccccc4[n+]3C)c(C)cc12. The molecule has 0 saturated carbocycles. The van der Waals surface area contributed by atoms with Crippen molar-refractivity contribution in [3.8, 4) is 51.2 Å². The van der Waals surface area contributed by atoms with Crippen molar-refractivity contribution in [2.75, 3.05) is 0 Å². The predicted molar refractivity (Wildman–Crippen MR) is 492 cm³/mol. The predicted octanol–water partition coefficient (Wildman–Crippen LogP) is 21.6. The third-order valence-corrected chi connectivity index (χ3v) is 26.2. The van der Waals surface area contributed by atoms with Crippen LogP contribution in [0.25, 0.3) is 181 Å². The minimum atomic E-state index is 0.480. The topological polar surface area (TPSA) is 205 Å². The summed E-state index contributed by atoms with van der Waals surface area (Å²) in [6.07, 6.45) is 12.2. The van der Waals surface area contributed by atoms with Gasteiger partial charge in [0.2, 0.25) is 15.5 Å². The Kier molecular flexibility index (Phi) is 19.1. The lowest BCUT2D eigenvalue weighted by Crippen LogP contribution is -2.37. The second-order valence-electron chi connectivity index (χ2n) is 32.6. The second kappa shape index (κ2) is 30.2. The smallest absolute Gasteiger partial charge is 0.319 e. The Morgan fingerprint density at radius 1 is 0.328 bits per heavy atom. The number of hydrogen-bond donors (Lipinski definition) is 0. The molecule has 0 spiro atoms. The molecule has 125 heavy (non-hydrogen) atoms. The molecule has 25 heteroatoms. The molecule has 0 bridgehead atoms.